The Morgan fingerprint density at radius 3 is 2.00 bits per heavy atom. The minimum absolute atomic E-state index is 0.0833. The maximum Gasteiger partial charge on any atom is 0.244 e. The second-order valence-electron chi connectivity index (χ2n) is 9.10. The van der Waals surface area contributed by atoms with Crippen molar-refractivity contribution in [3.8, 4) is 0 Å². The van der Waals surface area contributed by atoms with Gasteiger partial charge in [-0.1, -0.05) is 55.0 Å². The lowest BCUT2D eigenvalue weighted by molar-refractivity contribution is -0.140. The number of aryl methyl sites for hydroxylation is 3. The Bertz CT molecular complexity index is 1090. The zero-order chi connectivity index (χ0) is 25.6. The van der Waals surface area contributed by atoms with E-state index in [1.165, 1.54) is 4.90 Å². The van der Waals surface area contributed by atoms with Gasteiger partial charge in [0.05, 0.1) is 11.9 Å². The predicted octanol–water partition coefficient (Wildman–Crippen LogP) is 3.71. The van der Waals surface area contributed by atoms with Crippen molar-refractivity contribution in [2.24, 2.45) is 0 Å². The molecule has 0 bridgehead atoms. The molecule has 0 spiro atoms. The summed E-state index contributed by atoms with van der Waals surface area (Å²) in [6, 6.07) is 12.4. The van der Waals surface area contributed by atoms with Crippen LogP contribution in [0.15, 0.2) is 42.5 Å². The number of amides is 2. The first kappa shape index (κ1) is 27.4. The number of carbonyl (C=O) groups excluding carboxylic acids is 2. The molecule has 0 saturated carbocycles. The summed E-state index contributed by atoms with van der Waals surface area (Å²) in [7, 11) is -3.76. The van der Waals surface area contributed by atoms with Crippen LogP contribution in [0.5, 0.6) is 0 Å². The van der Waals surface area contributed by atoms with E-state index in [0.29, 0.717) is 12.1 Å². The van der Waals surface area contributed by atoms with Gasteiger partial charge in [0.25, 0.3) is 0 Å². The summed E-state index contributed by atoms with van der Waals surface area (Å²) in [6.07, 6.45) is 1.50. The molecule has 0 aliphatic rings. The van der Waals surface area contributed by atoms with Crippen molar-refractivity contribution in [3.63, 3.8) is 0 Å². The van der Waals surface area contributed by atoms with Crippen molar-refractivity contribution in [1.82, 2.24) is 10.2 Å². The quantitative estimate of drug-likeness (QED) is 0.554. The van der Waals surface area contributed by atoms with Gasteiger partial charge >= 0.3 is 0 Å². The fraction of sp³-hybridized carbons (Fsp3) is 0.462. The molecule has 0 radical (unpaired) electrons. The van der Waals surface area contributed by atoms with E-state index in [0.717, 1.165) is 32.8 Å². The zero-order valence-corrected chi connectivity index (χ0v) is 22.1. The molecule has 7 nitrogen and oxygen atoms in total. The van der Waals surface area contributed by atoms with Gasteiger partial charge in [-0.25, -0.2) is 8.42 Å². The fourth-order valence-corrected chi connectivity index (χ4v) is 4.93. The molecule has 0 aliphatic heterocycles. The summed E-state index contributed by atoms with van der Waals surface area (Å²) in [6.45, 7) is 11.0. The number of anilines is 1. The third-order valence-electron chi connectivity index (χ3n) is 5.66. The predicted molar refractivity (Wildman–Crippen MR) is 137 cm³/mol. The molecular formula is C26H37N3O4S. The SMILES string of the molecule is CC[C@@H](C(=O)NC(C)C)N(Cc1ccc(C)cc1)C(=O)CN(c1c(C)cccc1C)S(C)(=O)=O. The summed E-state index contributed by atoms with van der Waals surface area (Å²) in [5.41, 5.74) is 3.96. The molecule has 8 heteroatoms. The molecule has 1 N–H and O–H groups in total. The lowest BCUT2D eigenvalue weighted by Crippen LogP contribution is -2.53. The molecule has 0 aliphatic carbocycles. The summed E-state index contributed by atoms with van der Waals surface area (Å²) in [4.78, 5) is 28.2. The standard InChI is InChI=1S/C26H37N3O4S/c1-8-23(26(31)27-18(2)3)28(16-22-14-12-19(4)13-15-22)24(30)17-29(34(7,32)33)25-20(5)10-9-11-21(25)6/h9-15,18,23H,8,16-17H2,1-7H3,(H,27,31)/t23-/m0/s1. The number of nitrogens with one attached hydrogen (secondary N) is 1. The van der Waals surface area contributed by atoms with Crippen LogP contribution in [-0.4, -0.2) is 50.0 Å². The topological polar surface area (TPSA) is 86.8 Å². The van der Waals surface area contributed by atoms with Gasteiger partial charge in [0.1, 0.15) is 12.6 Å². The Hall–Kier alpha value is -2.87. The zero-order valence-electron chi connectivity index (χ0n) is 21.3. The van der Waals surface area contributed by atoms with Crippen molar-refractivity contribution in [1.29, 1.82) is 0 Å². The summed E-state index contributed by atoms with van der Waals surface area (Å²) in [5, 5.41) is 2.89. The minimum Gasteiger partial charge on any atom is -0.352 e. The number of carbonyl (C=O) groups is 2. The Balaban J connectivity index is 2.49. The third kappa shape index (κ3) is 7.06. The van der Waals surface area contributed by atoms with Crippen LogP contribution in [0.2, 0.25) is 0 Å². The van der Waals surface area contributed by atoms with E-state index >= 15 is 0 Å². The molecule has 1 atom stereocenters. The number of nitrogens with zero attached hydrogens (tertiary/aromatic N) is 2. The summed E-state index contributed by atoms with van der Waals surface area (Å²) in [5.74, 6) is -0.685. The van der Waals surface area contributed by atoms with Gasteiger partial charge in [-0.3, -0.25) is 13.9 Å². The highest BCUT2D eigenvalue weighted by Gasteiger charge is 2.32. The Labute approximate surface area is 204 Å². The van der Waals surface area contributed by atoms with Gasteiger partial charge in [-0.2, -0.15) is 0 Å². The van der Waals surface area contributed by atoms with Crippen molar-refractivity contribution in [2.45, 2.75) is 66.6 Å². The molecule has 0 saturated heterocycles. The molecule has 0 heterocycles. The largest absolute Gasteiger partial charge is 0.352 e. The smallest absolute Gasteiger partial charge is 0.244 e. The van der Waals surface area contributed by atoms with E-state index < -0.39 is 22.0 Å². The van der Waals surface area contributed by atoms with Gasteiger partial charge in [0, 0.05) is 12.6 Å². The molecular weight excluding hydrogens is 450 g/mol. The van der Waals surface area contributed by atoms with Crippen molar-refractivity contribution in [2.75, 3.05) is 17.1 Å². The first-order valence-electron chi connectivity index (χ1n) is 11.5. The van der Waals surface area contributed by atoms with E-state index in [9.17, 15) is 18.0 Å². The van der Waals surface area contributed by atoms with Gasteiger partial charge in [-0.15, -0.1) is 0 Å². The fourth-order valence-electron chi connectivity index (χ4n) is 3.97. The Morgan fingerprint density at radius 2 is 1.53 bits per heavy atom. The van der Waals surface area contributed by atoms with E-state index in [1.807, 2.05) is 84.0 Å². The summed E-state index contributed by atoms with van der Waals surface area (Å²) >= 11 is 0. The highest BCUT2D eigenvalue weighted by atomic mass is 32.2. The van der Waals surface area contributed by atoms with E-state index in [-0.39, 0.29) is 25.0 Å². The van der Waals surface area contributed by atoms with Crippen LogP contribution in [0.25, 0.3) is 0 Å². The van der Waals surface area contributed by atoms with Gasteiger partial charge < -0.3 is 10.2 Å². The number of sulfonamides is 1. The molecule has 0 aromatic heterocycles. The Morgan fingerprint density at radius 1 is 0.971 bits per heavy atom. The molecule has 2 amide bonds. The van der Waals surface area contributed by atoms with Crippen LogP contribution in [0.1, 0.15) is 49.4 Å². The van der Waals surface area contributed by atoms with Crippen molar-refractivity contribution < 1.29 is 18.0 Å². The molecule has 2 rings (SSSR count). The second-order valence-corrected chi connectivity index (χ2v) is 11.0. The highest BCUT2D eigenvalue weighted by molar-refractivity contribution is 7.92. The Kier molecular flexibility index (Phi) is 9.27. The van der Waals surface area contributed by atoms with Crippen molar-refractivity contribution in [3.05, 3.63) is 64.7 Å². The monoisotopic (exact) mass is 487 g/mol. The lowest BCUT2D eigenvalue weighted by Gasteiger charge is -2.34. The average Bonchev–Trinajstić information content (AvgIpc) is 2.72. The second kappa shape index (κ2) is 11.5. The number of para-hydroxylation sites is 1. The minimum atomic E-state index is -3.76. The van der Waals surface area contributed by atoms with E-state index in [4.69, 9.17) is 0 Å². The van der Waals surface area contributed by atoms with Crippen LogP contribution in [0, 0.1) is 20.8 Å². The van der Waals surface area contributed by atoms with E-state index in [1.54, 1.807) is 0 Å². The number of hydrogen-bond acceptors (Lipinski definition) is 4. The van der Waals surface area contributed by atoms with Gasteiger partial charge in [-0.05, 0) is 57.7 Å². The highest BCUT2D eigenvalue weighted by Crippen LogP contribution is 2.27. The normalized spacial score (nSPS) is 12.4. The first-order chi connectivity index (χ1) is 15.8. The molecule has 0 fully saturated rings. The molecule has 2 aromatic rings. The molecule has 2 aromatic carbocycles. The third-order valence-corrected chi connectivity index (χ3v) is 6.77. The maximum atomic E-state index is 13.7. The lowest BCUT2D eigenvalue weighted by atomic mass is 10.1. The van der Waals surface area contributed by atoms with Crippen molar-refractivity contribution >= 4 is 27.5 Å². The van der Waals surface area contributed by atoms with Crippen LogP contribution in [0.3, 0.4) is 0 Å². The van der Waals surface area contributed by atoms with Crippen LogP contribution < -0.4 is 9.62 Å². The first-order valence-corrected chi connectivity index (χ1v) is 13.4. The molecule has 186 valence electrons. The number of rotatable bonds is 10. The van der Waals surface area contributed by atoms with Gasteiger partial charge in [0.2, 0.25) is 21.8 Å². The van der Waals surface area contributed by atoms with Gasteiger partial charge in [0.15, 0.2) is 0 Å². The number of benzene rings is 2. The number of hydrogen-bond donors (Lipinski definition) is 1. The summed E-state index contributed by atoms with van der Waals surface area (Å²) < 4.78 is 26.7. The van der Waals surface area contributed by atoms with Crippen LogP contribution >= 0.6 is 0 Å². The van der Waals surface area contributed by atoms with Crippen LogP contribution in [-0.2, 0) is 26.2 Å². The molecule has 34 heavy (non-hydrogen) atoms. The average molecular weight is 488 g/mol. The molecule has 0 unspecified atom stereocenters. The van der Waals surface area contributed by atoms with E-state index in [2.05, 4.69) is 5.32 Å². The maximum absolute atomic E-state index is 13.7. The van der Waals surface area contributed by atoms with Crippen LogP contribution in [0.4, 0.5) is 5.69 Å².